The van der Waals surface area contributed by atoms with Crippen LogP contribution in [0.2, 0.25) is 0 Å². The zero-order valence-electron chi connectivity index (χ0n) is 17.3. The van der Waals surface area contributed by atoms with Crippen LogP contribution in [0.1, 0.15) is 23.7 Å². The van der Waals surface area contributed by atoms with Crippen LogP contribution < -0.4 is 0 Å². The molecule has 30 heavy (non-hydrogen) atoms. The largest absolute Gasteiger partial charge is 0.342 e. The molecule has 6 heteroatoms. The molecule has 158 valence electrons. The van der Waals surface area contributed by atoms with Gasteiger partial charge >= 0.3 is 0 Å². The second-order valence-corrected chi connectivity index (χ2v) is 13.8. The van der Waals surface area contributed by atoms with Crippen molar-refractivity contribution in [2.24, 2.45) is 0 Å². The maximum absolute atomic E-state index is 6.58. The Hall–Kier alpha value is -0.860. The quantitative estimate of drug-likeness (QED) is 0.631. The summed E-state index contributed by atoms with van der Waals surface area (Å²) in [6.45, 7) is 4.87. The second-order valence-electron chi connectivity index (χ2n) is 8.90. The van der Waals surface area contributed by atoms with Crippen LogP contribution >= 0.6 is 15.8 Å². The van der Waals surface area contributed by atoms with Crippen LogP contribution in [0.4, 0.5) is 0 Å². The molecule has 6 rings (SSSR count). The molecule has 0 spiro atoms. The summed E-state index contributed by atoms with van der Waals surface area (Å²) in [6.07, 6.45) is 2.59. The summed E-state index contributed by atoms with van der Waals surface area (Å²) < 4.78 is 26.0. The average molecular weight is 442 g/mol. The van der Waals surface area contributed by atoms with Crippen LogP contribution in [0, 0.1) is 0 Å². The fourth-order valence-corrected chi connectivity index (χ4v) is 12.1. The van der Waals surface area contributed by atoms with E-state index in [1.807, 2.05) is 12.1 Å². The maximum Gasteiger partial charge on any atom is 0.184 e. The monoisotopic (exact) mass is 442 g/mol. The fourth-order valence-electron chi connectivity index (χ4n) is 5.65. The molecule has 4 saturated heterocycles. The van der Waals surface area contributed by atoms with Crippen LogP contribution in [0.25, 0.3) is 0 Å². The Labute approximate surface area is 180 Å². The maximum atomic E-state index is 6.58. The van der Waals surface area contributed by atoms with Gasteiger partial charge < -0.3 is 18.9 Å². The van der Waals surface area contributed by atoms with E-state index >= 15 is 0 Å². The smallest absolute Gasteiger partial charge is 0.184 e. The lowest BCUT2D eigenvalue weighted by molar-refractivity contribution is -0.0753. The third-order valence-electron chi connectivity index (χ3n) is 7.01. The topological polar surface area (TPSA) is 36.9 Å². The number of fused-ring (bicyclic) bond motifs is 2. The first-order chi connectivity index (χ1) is 14.7. The van der Waals surface area contributed by atoms with E-state index in [2.05, 4.69) is 61.9 Å². The molecule has 10 atom stereocenters. The first-order valence-electron chi connectivity index (χ1n) is 10.8. The van der Waals surface area contributed by atoms with E-state index in [-0.39, 0.29) is 52.8 Å². The van der Waals surface area contributed by atoms with Crippen molar-refractivity contribution >= 4 is 15.8 Å². The highest BCUT2D eigenvalue weighted by Gasteiger charge is 2.59. The average Bonchev–Trinajstić information content (AvgIpc) is 3.49. The molecule has 0 radical (unpaired) electrons. The lowest BCUT2D eigenvalue weighted by atomic mass is 10.0. The SMILES string of the molecule is C[P@]1C[C@H]2OC(c3ccccc3)O[C@@H]2[C@@H]1[C@H]1[C@H]2OC(c3ccccc3)O[C@@H]2C[P@@]1C. The van der Waals surface area contributed by atoms with Gasteiger partial charge in [0.15, 0.2) is 12.6 Å². The van der Waals surface area contributed by atoms with Gasteiger partial charge in [-0.15, -0.1) is 15.8 Å². The molecular formula is C24H28O4P2. The molecule has 4 heterocycles. The number of rotatable bonds is 3. The molecule has 0 aromatic heterocycles. The predicted molar refractivity (Wildman–Crippen MR) is 121 cm³/mol. The molecule has 0 aliphatic carbocycles. The Morgan fingerprint density at radius 2 is 1.00 bits per heavy atom. The summed E-state index contributed by atoms with van der Waals surface area (Å²) in [7, 11) is -0.298. The van der Waals surface area contributed by atoms with Gasteiger partial charge in [0, 0.05) is 22.4 Å². The first-order valence-corrected chi connectivity index (χ1v) is 14.9. The van der Waals surface area contributed by atoms with Gasteiger partial charge in [0.05, 0.1) is 24.4 Å². The third-order valence-corrected chi connectivity index (χ3v) is 12.4. The van der Waals surface area contributed by atoms with Crippen LogP contribution in [0.3, 0.4) is 0 Å². The van der Waals surface area contributed by atoms with Crippen molar-refractivity contribution in [3.63, 3.8) is 0 Å². The predicted octanol–water partition coefficient (Wildman–Crippen LogP) is 4.94. The molecule has 4 fully saturated rings. The summed E-state index contributed by atoms with van der Waals surface area (Å²) in [4.78, 5) is 0. The Balaban J connectivity index is 1.23. The van der Waals surface area contributed by atoms with E-state index in [0.29, 0.717) is 11.3 Å². The molecule has 0 bridgehead atoms. The van der Waals surface area contributed by atoms with E-state index in [1.165, 1.54) is 0 Å². The Morgan fingerprint density at radius 1 is 0.600 bits per heavy atom. The summed E-state index contributed by atoms with van der Waals surface area (Å²) in [5, 5.41) is 0. The van der Waals surface area contributed by atoms with Gasteiger partial charge in [-0.1, -0.05) is 60.7 Å². The zero-order chi connectivity index (χ0) is 20.2. The van der Waals surface area contributed by atoms with Crippen molar-refractivity contribution < 1.29 is 18.9 Å². The first kappa shape index (κ1) is 19.8. The van der Waals surface area contributed by atoms with Gasteiger partial charge in [-0.05, 0) is 25.7 Å². The summed E-state index contributed by atoms with van der Waals surface area (Å²) in [5.74, 6) is 0. The Kier molecular flexibility index (Phi) is 5.23. The van der Waals surface area contributed by atoms with Crippen LogP contribution in [-0.4, -0.2) is 61.4 Å². The third kappa shape index (κ3) is 3.28. The van der Waals surface area contributed by atoms with Gasteiger partial charge in [-0.3, -0.25) is 0 Å². The number of benzene rings is 2. The highest BCUT2D eigenvalue weighted by atomic mass is 31.1. The summed E-state index contributed by atoms with van der Waals surface area (Å²) in [6, 6.07) is 20.7. The minimum absolute atomic E-state index is 0.149. The minimum Gasteiger partial charge on any atom is -0.342 e. The Bertz CT molecular complexity index is 808. The summed E-state index contributed by atoms with van der Waals surface area (Å²) in [5.41, 5.74) is 3.31. The van der Waals surface area contributed by atoms with Crippen LogP contribution in [0.5, 0.6) is 0 Å². The Morgan fingerprint density at radius 3 is 1.40 bits per heavy atom. The number of hydrogen-bond donors (Lipinski definition) is 0. The van der Waals surface area contributed by atoms with Crippen molar-refractivity contribution in [3.05, 3.63) is 71.8 Å². The van der Waals surface area contributed by atoms with Crippen molar-refractivity contribution in [2.75, 3.05) is 25.7 Å². The van der Waals surface area contributed by atoms with E-state index in [9.17, 15) is 0 Å². The minimum atomic E-state index is -0.231. The molecule has 4 aliphatic rings. The van der Waals surface area contributed by atoms with Gasteiger partial charge in [-0.2, -0.15) is 0 Å². The fraction of sp³-hybridized carbons (Fsp3) is 0.500. The van der Waals surface area contributed by atoms with Crippen molar-refractivity contribution in [2.45, 2.75) is 48.3 Å². The molecule has 0 saturated carbocycles. The summed E-state index contributed by atoms with van der Waals surface area (Å²) >= 11 is 0. The molecule has 0 amide bonds. The van der Waals surface area contributed by atoms with Gasteiger partial charge in [0.25, 0.3) is 0 Å². The van der Waals surface area contributed by atoms with E-state index < -0.39 is 0 Å². The van der Waals surface area contributed by atoms with E-state index in [0.717, 1.165) is 23.5 Å². The van der Waals surface area contributed by atoms with Crippen LogP contribution in [-0.2, 0) is 18.9 Å². The molecule has 4 aliphatic heterocycles. The van der Waals surface area contributed by atoms with E-state index in [1.54, 1.807) is 0 Å². The molecule has 2 aromatic rings. The zero-order valence-corrected chi connectivity index (χ0v) is 19.1. The van der Waals surface area contributed by atoms with Crippen molar-refractivity contribution in [1.82, 2.24) is 0 Å². The number of hydrogen-bond acceptors (Lipinski definition) is 4. The van der Waals surface area contributed by atoms with Gasteiger partial charge in [-0.25, -0.2) is 0 Å². The molecule has 2 aromatic carbocycles. The van der Waals surface area contributed by atoms with E-state index in [4.69, 9.17) is 18.9 Å². The molecule has 0 N–H and O–H groups in total. The van der Waals surface area contributed by atoms with Gasteiger partial charge in [0.1, 0.15) is 0 Å². The van der Waals surface area contributed by atoms with Gasteiger partial charge in [0.2, 0.25) is 0 Å². The molecule has 4 nitrogen and oxygen atoms in total. The second kappa shape index (κ2) is 7.93. The molecular weight excluding hydrogens is 414 g/mol. The van der Waals surface area contributed by atoms with Crippen molar-refractivity contribution in [3.8, 4) is 0 Å². The highest BCUT2D eigenvalue weighted by Crippen LogP contribution is 2.65. The standard InChI is InChI=1S/C24H28O4P2/c1-29-13-17-19(27-23(25-17)15-9-5-3-6-10-15)21(29)22-20-18(14-30(22)2)26-24(28-20)16-11-7-4-8-12-16/h3-12,17-24H,13-14H2,1-2H3/t17-,18-,19+,20+,21-,22-,23?,24?,29-,30-/m1/s1. The highest BCUT2D eigenvalue weighted by molar-refractivity contribution is 7.62. The lowest BCUT2D eigenvalue weighted by Gasteiger charge is -2.34. The van der Waals surface area contributed by atoms with Crippen molar-refractivity contribution in [1.29, 1.82) is 0 Å². The lowest BCUT2D eigenvalue weighted by Crippen LogP contribution is -2.41. The number of ether oxygens (including phenoxy) is 4. The normalized spacial score (nSPS) is 44.9. The molecule has 2 unspecified atom stereocenters. The van der Waals surface area contributed by atoms with Crippen LogP contribution in [0.15, 0.2) is 60.7 Å².